The molecular formula is C17H31N3O. The number of amides is 1. The first-order valence-electron chi connectivity index (χ1n) is 9.01. The van der Waals surface area contributed by atoms with Crippen molar-refractivity contribution in [3.8, 4) is 0 Å². The molecule has 2 heterocycles. The van der Waals surface area contributed by atoms with Crippen LogP contribution in [0.4, 0.5) is 0 Å². The van der Waals surface area contributed by atoms with Crippen LogP contribution in [0.15, 0.2) is 0 Å². The maximum atomic E-state index is 12.7. The average Bonchev–Trinajstić information content (AvgIpc) is 3.10. The van der Waals surface area contributed by atoms with Crippen LogP contribution in [0.2, 0.25) is 0 Å². The Bertz CT molecular complexity index is 354. The molecule has 1 saturated carbocycles. The van der Waals surface area contributed by atoms with Gasteiger partial charge in [0.1, 0.15) is 0 Å². The van der Waals surface area contributed by atoms with Crippen molar-refractivity contribution in [2.75, 3.05) is 26.2 Å². The zero-order chi connectivity index (χ0) is 14.7. The van der Waals surface area contributed by atoms with Gasteiger partial charge in [0.15, 0.2) is 0 Å². The summed E-state index contributed by atoms with van der Waals surface area (Å²) in [6.45, 7) is 4.53. The normalized spacial score (nSPS) is 34.5. The van der Waals surface area contributed by atoms with Gasteiger partial charge in [0.05, 0.1) is 0 Å². The first-order valence-corrected chi connectivity index (χ1v) is 9.01. The van der Waals surface area contributed by atoms with E-state index >= 15 is 0 Å². The molecule has 1 unspecified atom stereocenters. The molecule has 120 valence electrons. The Balaban J connectivity index is 1.51. The molecule has 0 aromatic heterocycles. The summed E-state index contributed by atoms with van der Waals surface area (Å²) in [6.07, 6.45) is 10.6. The van der Waals surface area contributed by atoms with Crippen LogP contribution in [0, 0.1) is 5.92 Å². The van der Waals surface area contributed by atoms with Crippen LogP contribution in [0.1, 0.15) is 57.8 Å². The van der Waals surface area contributed by atoms with Gasteiger partial charge in [-0.1, -0.05) is 12.8 Å². The quantitative estimate of drug-likeness (QED) is 0.862. The van der Waals surface area contributed by atoms with Gasteiger partial charge in [-0.3, -0.25) is 4.79 Å². The number of rotatable bonds is 4. The van der Waals surface area contributed by atoms with Crippen LogP contribution in [0.25, 0.3) is 0 Å². The Labute approximate surface area is 129 Å². The Morgan fingerprint density at radius 2 is 1.76 bits per heavy atom. The molecule has 1 amide bonds. The van der Waals surface area contributed by atoms with Crippen molar-refractivity contribution in [1.82, 2.24) is 9.80 Å². The minimum atomic E-state index is 0.261. The van der Waals surface area contributed by atoms with E-state index in [1.54, 1.807) is 0 Å². The number of carbonyl (C=O) groups excluding carboxylic acids is 1. The van der Waals surface area contributed by atoms with Crippen molar-refractivity contribution in [3.05, 3.63) is 0 Å². The van der Waals surface area contributed by atoms with E-state index in [4.69, 9.17) is 5.73 Å². The summed E-state index contributed by atoms with van der Waals surface area (Å²) in [7, 11) is 0. The third-order valence-corrected chi connectivity index (χ3v) is 5.77. The van der Waals surface area contributed by atoms with Crippen LogP contribution in [-0.2, 0) is 4.79 Å². The standard InChI is InChI=1S/C17H31N3O/c18-16-8-4-6-14(16)12-17(21)20-11-5-7-15(20)13-19-9-2-1-3-10-19/h14-16H,1-13,18H2/t14-,15?,16+/m0/s1. The van der Waals surface area contributed by atoms with Gasteiger partial charge in [0, 0.05) is 31.6 Å². The number of hydrogen-bond donors (Lipinski definition) is 1. The predicted octanol–water partition coefficient (Wildman–Crippen LogP) is 1.98. The lowest BCUT2D eigenvalue weighted by molar-refractivity contribution is -0.133. The molecular weight excluding hydrogens is 262 g/mol. The molecule has 21 heavy (non-hydrogen) atoms. The fraction of sp³-hybridized carbons (Fsp3) is 0.941. The molecule has 0 aromatic rings. The molecule has 3 atom stereocenters. The molecule has 0 radical (unpaired) electrons. The lowest BCUT2D eigenvalue weighted by Gasteiger charge is -2.33. The van der Waals surface area contributed by atoms with Crippen molar-refractivity contribution < 1.29 is 4.79 Å². The van der Waals surface area contributed by atoms with Gasteiger partial charge < -0.3 is 15.5 Å². The SMILES string of the molecule is N[C@@H]1CCC[C@H]1CC(=O)N1CCCC1CN1CCCCC1. The Hall–Kier alpha value is -0.610. The summed E-state index contributed by atoms with van der Waals surface area (Å²) in [6, 6.07) is 0.727. The fourth-order valence-electron chi connectivity index (χ4n) is 4.45. The van der Waals surface area contributed by atoms with Crippen LogP contribution in [0.5, 0.6) is 0 Å². The van der Waals surface area contributed by atoms with E-state index in [1.165, 1.54) is 51.6 Å². The number of carbonyl (C=O) groups is 1. The second-order valence-electron chi connectivity index (χ2n) is 7.30. The third-order valence-electron chi connectivity index (χ3n) is 5.77. The highest BCUT2D eigenvalue weighted by molar-refractivity contribution is 5.77. The van der Waals surface area contributed by atoms with Crippen LogP contribution < -0.4 is 5.73 Å². The zero-order valence-corrected chi connectivity index (χ0v) is 13.3. The van der Waals surface area contributed by atoms with Crippen LogP contribution in [-0.4, -0.2) is 54.0 Å². The predicted molar refractivity (Wildman–Crippen MR) is 85.0 cm³/mol. The molecule has 4 heteroatoms. The molecule has 0 spiro atoms. The second kappa shape index (κ2) is 7.10. The highest BCUT2D eigenvalue weighted by Crippen LogP contribution is 2.29. The Morgan fingerprint density at radius 3 is 2.48 bits per heavy atom. The summed E-state index contributed by atoms with van der Waals surface area (Å²) >= 11 is 0. The van der Waals surface area contributed by atoms with Crippen LogP contribution >= 0.6 is 0 Å². The van der Waals surface area contributed by atoms with Gasteiger partial charge in [0.25, 0.3) is 0 Å². The summed E-state index contributed by atoms with van der Waals surface area (Å²) in [5, 5.41) is 0. The topological polar surface area (TPSA) is 49.6 Å². The molecule has 2 saturated heterocycles. The highest BCUT2D eigenvalue weighted by atomic mass is 16.2. The average molecular weight is 293 g/mol. The van der Waals surface area contributed by atoms with Crippen molar-refractivity contribution in [2.24, 2.45) is 11.7 Å². The van der Waals surface area contributed by atoms with Gasteiger partial charge in [0.2, 0.25) is 5.91 Å². The summed E-state index contributed by atoms with van der Waals surface area (Å²) in [4.78, 5) is 17.4. The van der Waals surface area contributed by atoms with Crippen LogP contribution in [0.3, 0.4) is 0 Å². The van der Waals surface area contributed by atoms with Gasteiger partial charge in [-0.2, -0.15) is 0 Å². The van der Waals surface area contributed by atoms with E-state index in [1.807, 2.05) is 0 Å². The molecule has 4 nitrogen and oxygen atoms in total. The minimum Gasteiger partial charge on any atom is -0.338 e. The number of nitrogens with zero attached hydrogens (tertiary/aromatic N) is 2. The molecule has 0 aromatic carbocycles. The van der Waals surface area contributed by atoms with Crippen molar-refractivity contribution in [1.29, 1.82) is 0 Å². The van der Waals surface area contributed by atoms with Gasteiger partial charge in [-0.05, 0) is 57.5 Å². The van der Waals surface area contributed by atoms with Gasteiger partial charge in [-0.25, -0.2) is 0 Å². The first-order chi connectivity index (χ1) is 10.2. The zero-order valence-electron chi connectivity index (χ0n) is 13.3. The fourth-order valence-corrected chi connectivity index (χ4v) is 4.45. The van der Waals surface area contributed by atoms with E-state index in [2.05, 4.69) is 9.80 Å². The van der Waals surface area contributed by atoms with E-state index in [-0.39, 0.29) is 6.04 Å². The maximum absolute atomic E-state index is 12.7. The number of nitrogens with two attached hydrogens (primary N) is 1. The molecule has 3 rings (SSSR count). The van der Waals surface area contributed by atoms with E-state index < -0.39 is 0 Å². The van der Waals surface area contributed by atoms with Gasteiger partial charge >= 0.3 is 0 Å². The minimum absolute atomic E-state index is 0.261. The molecule has 3 fully saturated rings. The molecule has 3 aliphatic rings. The lowest BCUT2D eigenvalue weighted by atomic mass is 9.99. The molecule has 2 N–H and O–H groups in total. The summed E-state index contributed by atoms with van der Waals surface area (Å²) < 4.78 is 0. The Morgan fingerprint density at radius 1 is 0.952 bits per heavy atom. The summed E-state index contributed by atoms with van der Waals surface area (Å²) in [5.41, 5.74) is 6.13. The summed E-state index contributed by atoms with van der Waals surface area (Å²) in [5.74, 6) is 0.811. The van der Waals surface area contributed by atoms with Gasteiger partial charge in [-0.15, -0.1) is 0 Å². The molecule has 1 aliphatic carbocycles. The van der Waals surface area contributed by atoms with Crippen molar-refractivity contribution in [3.63, 3.8) is 0 Å². The van der Waals surface area contributed by atoms with Crippen molar-refractivity contribution >= 4 is 5.91 Å². The lowest BCUT2D eigenvalue weighted by Crippen LogP contribution is -2.45. The van der Waals surface area contributed by atoms with Crippen molar-refractivity contribution in [2.45, 2.75) is 69.9 Å². The number of hydrogen-bond acceptors (Lipinski definition) is 3. The van der Waals surface area contributed by atoms with E-state index in [9.17, 15) is 4.79 Å². The monoisotopic (exact) mass is 293 g/mol. The number of piperidine rings is 1. The smallest absolute Gasteiger partial charge is 0.223 e. The van der Waals surface area contributed by atoms with E-state index in [0.29, 0.717) is 24.3 Å². The second-order valence-corrected chi connectivity index (χ2v) is 7.30. The third kappa shape index (κ3) is 3.78. The Kier molecular flexibility index (Phi) is 5.17. The molecule has 2 aliphatic heterocycles. The number of likely N-dealkylation sites (tertiary alicyclic amines) is 2. The first kappa shape index (κ1) is 15.3. The largest absolute Gasteiger partial charge is 0.338 e. The highest BCUT2D eigenvalue weighted by Gasteiger charge is 2.33. The maximum Gasteiger partial charge on any atom is 0.223 e. The molecule has 0 bridgehead atoms. The van der Waals surface area contributed by atoms with E-state index in [0.717, 1.165) is 25.9 Å².